The molecule has 1 aromatic carbocycles. The second-order valence-corrected chi connectivity index (χ2v) is 6.60. The summed E-state index contributed by atoms with van der Waals surface area (Å²) in [5.74, 6) is 0.149. The average Bonchev–Trinajstić information content (AvgIpc) is 2.27. The number of rotatable bonds is 3. The van der Waals surface area contributed by atoms with Crippen molar-refractivity contribution in [2.24, 2.45) is 0 Å². The van der Waals surface area contributed by atoms with Crippen LogP contribution in [-0.2, 0) is 10.0 Å². The average molecular weight is 363 g/mol. The summed E-state index contributed by atoms with van der Waals surface area (Å²) in [5, 5.41) is 0.393. The molecule has 0 saturated carbocycles. The first kappa shape index (κ1) is 14.1. The fraction of sp³-hybridized carbons (Fsp3) is 0. The molecular weight excluding hydrogens is 354 g/mol. The number of hydrogen-bond donors (Lipinski definition) is 2. The van der Waals surface area contributed by atoms with Gasteiger partial charge in [0.25, 0.3) is 10.0 Å². The van der Waals surface area contributed by atoms with E-state index in [0.29, 0.717) is 15.2 Å². The van der Waals surface area contributed by atoms with E-state index in [-0.39, 0.29) is 10.7 Å². The smallest absolute Gasteiger partial charge is 0.264 e. The molecule has 100 valence electrons. The molecule has 2 rings (SSSR count). The number of nitrogens with zero attached hydrogens (tertiary/aromatic N) is 1. The predicted molar refractivity (Wildman–Crippen MR) is 78.6 cm³/mol. The predicted octanol–water partition coefficient (Wildman–Crippen LogP) is 2.88. The molecule has 8 heteroatoms. The highest BCUT2D eigenvalue weighted by Gasteiger charge is 2.18. The molecule has 0 aliphatic heterocycles. The molecule has 19 heavy (non-hydrogen) atoms. The normalized spacial score (nSPS) is 11.3. The number of nitrogen functional groups attached to an aromatic ring is 1. The quantitative estimate of drug-likeness (QED) is 0.822. The van der Waals surface area contributed by atoms with E-state index in [1.165, 1.54) is 30.5 Å². The number of nitrogens with one attached hydrogen (secondary N) is 1. The minimum atomic E-state index is -3.75. The van der Waals surface area contributed by atoms with Crippen LogP contribution in [0.2, 0.25) is 5.02 Å². The summed E-state index contributed by atoms with van der Waals surface area (Å²) in [6, 6.07) is 7.40. The lowest BCUT2D eigenvalue weighted by atomic mass is 10.3. The van der Waals surface area contributed by atoms with E-state index in [1.807, 2.05) is 0 Å². The Balaban J connectivity index is 2.38. The molecule has 2 aromatic rings. The van der Waals surface area contributed by atoms with Crippen molar-refractivity contribution in [3.63, 3.8) is 0 Å². The van der Waals surface area contributed by atoms with Gasteiger partial charge in [0.1, 0.15) is 10.7 Å². The number of aromatic nitrogens is 1. The second-order valence-electron chi connectivity index (χ2n) is 3.65. The van der Waals surface area contributed by atoms with Crippen LogP contribution in [0.25, 0.3) is 0 Å². The Kier molecular flexibility index (Phi) is 3.98. The van der Waals surface area contributed by atoms with Crippen LogP contribution in [0, 0.1) is 0 Å². The Hall–Kier alpha value is -1.31. The maximum Gasteiger partial charge on any atom is 0.264 e. The Morgan fingerprint density at radius 3 is 2.63 bits per heavy atom. The van der Waals surface area contributed by atoms with E-state index in [2.05, 4.69) is 25.6 Å². The van der Waals surface area contributed by atoms with Crippen LogP contribution in [0.4, 0.5) is 11.5 Å². The van der Waals surface area contributed by atoms with Gasteiger partial charge in [0.05, 0.1) is 0 Å². The number of pyridine rings is 1. The first-order chi connectivity index (χ1) is 8.88. The number of hydrogen-bond acceptors (Lipinski definition) is 4. The van der Waals surface area contributed by atoms with Crippen LogP contribution in [-0.4, -0.2) is 13.4 Å². The van der Waals surface area contributed by atoms with Gasteiger partial charge in [-0.05, 0) is 40.2 Å². The number of sulfonamides is 1. The molecule has 0 saturated heterocycles. The molecule has 0 unspecified atom stereocenters. The summed E-state index contributed by atoms with van der Waals surface area (Å²) >= 11 is 8.94. The van der Waals surface area contributed by atoms with E-state index in [1.54, 1.807) is 6.07 Å². The van der Waals surface area contributed by atoms with Gasteiger partial charge < -0.3 is 5.73 Å². The van der Waals surface area contributed by atoms with Crippen molar-refractivity contribution in [2.45, 2.75) is 4.90 Å². The van der Waals surface area contributed by atoms with Crippen molar-refractivity contribution in [2.75, 3.05) is 10.5 Å². The zero-order chi connectivity index (χ0) is 14.0. The topological polar surface area (TPSA) is 85.1 Å². The summed E-state index contributed by atoms with van der Waals surface area (Å²) in [7, 11) is -3.75. The zero-order valence-electron chi connectivity index (χ0n) is 9.47. The Morgan fingerprint density at radius 2 is 2.00 bits per heavy atom. The number of benzene rings is 1. The summed E-state index contributed by atoms with van der Waals surface area (Å²) < 4.78 is 27.1. The van der Waals surface area contributed by atoms with Crippen molar-refractivity contribution in [3.05, 3.63) is 46.0 Å². The molecule has 5 nitrogen and oxygen atoms in total. The van der Waals surface area contributed by atoms with E-state index >= 15 is 0 Å². The maximum atomic E-state index is 12.2. The third kappa shape index (κ3) is 3.37. The summed E-state index contributed by atoms with van der Waals surface area (Å²) in [4.78, 5) is 3.96. The minimum absolute atomic E-state index is 0.0727. The van der Waals surface area contributed by atoms with Gasteiger partial charge in [-0.15, -0.1) is 0 Å². The van der Waals surface area contributed by atoms with E-state index in [0.717, 1.165) is 0 Å². The number of halogens is 2. The molecule has 0 spiro atoms. The highest BCUT2D eigenvalue weighted by molar-refractivity contribution is 9.10. The fourth-order valence-electron chi connectivity index (χ4n) is 1.39. The van der Waals surface area contributed by atoms with Gasteiger partial charge in [-0.1, -0.05) is 11.6 Å². The summed E-state index contributed by atoms with van der Waals surface area (Å²) in [5.41, 5.74) is 6.03. The molecular formula is C11H9BrClN3O2S. The van der Waals surface area contributed by atoms with Crippen molar-refractivity contribution >= 4 is 49.1 Å². The van der Waals surface area contributed by atoms with Gasteiger partial charge in [0.2, 0.25) is 0 Å². The molecule has 0 atom stereocenters. The molecule has 0 aliphatic rings. The van der Waals surface area contributed by atoms with Gasteiger partial charge in [-0.2, -0.15) is 0 Å². The zero-order valence-corrected chi connectivity index (χ0v) is 12.6. The van der Waals surface area contributed by atoms with E-state index in [9.17, 15) is 8.42 Å². The van der Waals surface area contributed by atoms with Crippen LogP contribution in [0.15, 0.2) is 45.9 Å². The van der Waals surface area contributed by atoms with Crippen molar-refractivity contribution in [1.82, 2.24) is 4.98 Å². The van der Waals surface area contributed by atoms with Crippen molar-refractivity contribution in [1.29, 1.82) is 0 Å². The molecule has 0 bridgehead atoms. The SMILES string of the molecule is Nc1ccc(S(=O)(=O)Nc2cc(Cl)ccn2)c(Br)c1. The van der Waals surface area contributed by atoms with Crippen LogP contribution in [0.3, 0.4) is 0 Å². The Labute approximate surface area is 124 Å². The van der Waals surface area contributed by atoms with E-state index < -0.39 is 10.0 Å². The van der Waals surface area contributed by atoms with Crippen LogP contribution in [0.1, 0.15) is 0 Å². The monoisotopic (exact) mass is 361 g/mol. The number of nitrogens with two attached hydrogens (primary N) is 1. The van der Waals surface area contributed by atoms with Crippen molar-refractivity contribution in [3.8, 4) is 0 Å². The van der Waals surface area contributed by atoms with Gasteiger partial charge >= 0.3 is 0 Å². The van der Waals surface area contributed by atoms with Gasteiger partial charge in [-0.25, -0.2) is 13.4 Å². The lowest BCUT2D eigenvalue weighted by Crippen LogP contribution is -2.14. The highest BCUT2D eigenvalue weighted by atomic mass is 79.9. The lowest BCUT2D eigenvalue weighted by Gasteiger charge is -2.09. The molecule has 1 heterocycles. The Morgan fingerprint density at radius 1 is 1.26 bits per heavy atom. The van der Waals surface area contributed by atoms with Gasteiger partial charge in [-0.3, -0.25) is 4.72 Å². The van der Waals surface area contributed by atoms with Crippen LogP contribution in [0.5, 0.6) is 0 Å². The molecule has 3 N–H and O–H groups in total. The largest absolute Gasteiger partial charge is 0.399 e. The fourth-order valence-corrected chi connectivity index (χ4v) is 3.64. The molecule has 0 fully saturated rings. The minimum Gasteiger partial charge on any atom is -0.399 e. The molecule has 0 amide bonds. The first-order valence-corrected chi connectivity index (χ1v) is 7.73. The molecule has 1 aromatic heterocycles. The Bertz CT molecular complexity index is 722. The van der Waals surface area contributed by atoms with E-state index in [4.69, 9.17) is 17.3 Å². The van der Waals surface area contributed by atoms with Crippen LogP contribution >= 0.6 is 27.5 Å². The third-order valence-corrected chi connectivity index (χ3v) is 4.77. The van der Waals surface area contributed by atoms with Gasteiger partial charge in [0, 0.05) is 27.4 Å². The maximum absolute atomic E-state index is 12.2. The van der Waals surface area contributed by atoms with Crippen molar-refractivity contribution < 1.29 is 8.42 Å². The second kappa shape index (κ2) is 5.36. The first-order valence-electron chi connectivity index (χ1n) is 5.08. The molecule has 0 radical (unpaired) electrons. The lowest BCUT2D eigenvalue weighted by molar-refractivity contribution is 0.600. The standard InChI is InChI=1S/C11H9BrClN3O2S/c12-9-6-8(14)1-2-10(9)19(17,18)16-11-5-7(13)3-4-15-11/h1-6H,14H2,(H,15,16). The van der Waals surface area contributed by atoms with Gasteiger partial charge in [0.15, 0.2) is 0 Å². The summed E-state index contributed by atoms with van der Waals surface area (Å²) in [6.07, 6.45) is 1.41. The molecule has 0 aliphatic carbocycles. The number of anilines is 2. The van der Waals surface area contributed by atoms with Crippen LogP contribution < -0.4 is 10.5 Å². The highest BCUT2D eigenvalue weighted by Crippen LogP contribution is 2.26. The third-order valence-electron chi connectivity index (χ3n) is 2.21. The summed E-state index contributed by atoms with van der Waals surface area (Å²) in [6.45, 7) is 0.